The maximum atomic E-state index is 11.7. The van der Waals surface area contributed by atoms with Gasteiger partial charge < -0.3 is 4.74 Å². The molecular weight excluding hydrogens is 354 g/mol. The number of carbonyl (C=O) groups excluding carboxylic acids is 1. The predicted molar refractivity (Wildman–Crippen MR) is 117 cm³/mol. The number of hydrogen-bond donors (Lipinski definition) is 0. The minimum atomic E-state index is -0.0926. The zero-order valence-corrected chi connectivity index (χ0v) is 18.1. The van der Waals surface area contributed by atoms with E-state index in [0.29, 0.717) is 13.0 Å². The number of carbonyl (C=O) groups is 1. The number of rotatable bonds is 18. The number of nitrogens with zero attached hydrogens (tertiary/aromatic N) is 1. The minimum Gasteiger partial charge on any atom is -0.461 e. The van der Waals surface area contributed by atoms with Crippen LogP contribution in [0.1, 0.15) is 96.0 Å². The molecule has 0 aliphatic carbocycles. The number of thioether (sulfide) groups is 1. The summed E-state index contributed by atoms with van der Waals surface area (Å²) in [5, 5.41) is 0. The van der Waals surface area contributed by atoms with E-state index in [1.54, 1.807) is 12.4 Å². The Hall–Kier alpha value is -1.03. The molecule has 0 bridgehead atoms. The Morgan fingerprint density at radius 1 is 0.926 bits per heavy atom. The van der Waals surface area contributed by atoms with E-state index in [9.17, 15) is 4.79 Å². The first-order valence-electron chi connectivity index (χ1n) is 10.9. The Labute approximate surface area is 171 Å². The molecule has 0 unspecified atom stereocenters. The molecule has 0 amide bonds. The molecule has 0 aromatic carbocycles. The van der Waals surface area contributed by atoms with E-state index < -0.39 is 0 Å². The Balaban J connectivity index is 1.77. The van der Waals surface area contributed by atoms with Gasteiger partial charge in [0.1, 0.15) is 6.61 Å². The average Bonchev–Trinajstić information content (AvgIpc) is 2.70. The molecule has 1 heterocycles. The fraction of sp³-hybridized carbons (Fsp3) is 0.739. The van der Waals surface area contributed by atoms with Gasteiger partial charge in [0.15, 0.2) is 0 Å². The third-order valence-electron chi connectivity index (χ3n) is 4.68. The predicted octanol–water partition coefficient (Wildman–Crippen LogP) is 6.95. The van der Waals surface area contributed by atoms with Gasteiger partial charge in [-0.3, -0.25) is 9.78 Å². The summed E-state index contributed by atoms with van der Waals surface area (Å²) in [6.07, 6.45) is 19.7. The number of aromatic nitrogens is 1. The van der Waals surface area contributed by atoms with E-state index >= 15 is 0 Å². The van der Waals surface area contributed by atoms with Gasteiger partial charge in [-0.2, -0.15) is 11.8 Å². The third-order valence-corrected chi connectivity index (χ3v) is 5.84. The van der Waals surface area contributed by atoms with Gasteiger partial charge in [-0.25, -0.2) is 0 Å². The van der Waals surface area contributed by atoms with Crippen LogP contribution in [0.25, 0.3) is 0 Å². The standard InChI is InChI=1S/C23H39NO2S/c1-2-3-4-5-9-12-18-27-19-13-10-7-6-8-11-16-23(25)26-21-22-15-14-17-24-20-22/h14-15,17,20H,2-13,16,18-19,21H2,1H3. The Bertz CT molecular complexity index is 453. The Kier molecular flexibility index (Phi) is 16.3. The molecule has 0 aliphatic heterocycles. The fourth-order valence-electron chi connectivity index (χ4n) is 2.99. The summed E-state index contributed by atoms with van der Waals surface area (Å²) in [7, 11) is 0. The van der Waals surface area contributed by atoms with Crippen LogP contribution in [0.4, 0.5) is 0 Å². The molecule has 154 valence electrons. The smallest absolute Gasteiger partial charge is 0.306 e. The highest BCUT2D eigenvalue weighted by atomic mass is 32.2. The fourth-order valence-corrected chi connectivity index (χ4v) is 4.01. The van der Waals surface area contributed by atoms with Crippen molar-refractivity contribution in [3.63, 3.8) is 0 Å². The normalized spacial score (nSPS) is 10.9. The number of ether oxygens (including phenoxy) is 1. The highest BCUT2D eigenvalue weighted by Crippen LogP contribution is 2.13. The van der Waals surface area contributed by atoms with E-state index in [2.05, 4.69) is 23.7 Å². The van der Waals surface area contributed by atoms with Crippen LogP contribution in [0, 0.1) is 0 Å². The number of pyridine rings is 1. The highest BCUT2D eigenvalue weighted by molar-refractivity contribution is 7.99. The molecule has 4 heteroatoms. The number of hydrogen-bond acceptors (Lipinski definition) is 4. The summed E-state index contributed by atoms with van der Waals surface area (Å²) < 4.78 is 5.27. The van der Waals surface area contributed by atoms with Crippen LogP contribution in [0.5, 0.6) is 0 Å². The van der Waals surface area contributed by atoms with Crippen molar-refractivity contribution in [2.75, 3.05) is 11.5 Å². The molecule has 0 spiro atoms. The SMILES string of the molecule is CCCCCCCCSCCCCCCCCC(=O)OCc1cccnc1. The van der Waals surface area contributed by atoms with Gasteiger partial charge >= 0.3 is 5.97 Å². The lowest BCUT2D eigenvalue weighted by Crippen LogP contribution is -2.04. The lowest BCUT2D eigenvalue weighted by Gasteiger charge is -2.05. The van der Waals surface area contributed by atoms with Crippen LogP contribution >= 0.6 is 11.8 Å². The summed E-state index contributed by atoms with van der Waals surface area (Å²) in [6, 6.07) is 3.78. The molecule has 0 atom stereocenters. The average molecular weight is 394 g/mol. The zero-order valence-electron chi connectivity index (χ0n) is 17.3. The largest absolute Gasteiger partial charge is 0.461 e. The van der Waals surface area contributed by atoms with Gasteiger partial charge in [-0.15, -0.1) is 0 Å². The molecule has 1 aromatic rings. The van der Waals surface area contributed by atoms with Crippen molar-refractivity contribution < 1.29 is 9.53 Å². The monoisotopic (exact) mass is 393 g/mol. The second-order valence-electron chi connectivity index (χ2n) is 7.27. The van der Waals surface area contributed by atoms with E-state index in [4.69, 9.17) is 4.74 Å². The van der Waals surface area contributed by atoms with Crippen molar-refractivity contribution in [3.8, 4) is 0 Å². The minimum absolute atomic E-state index is 0.0926. The second-order valence-corrected chi connectivity index (χ2v) is 8.50. The summed E-state index contributed by atoms with van der Waals surface area (Å²) in [4.78, 5) is 15.7. The van der Waals surface area contributed by atoms with Crippen LogP contribution in [-0.4, -0.2) is 22.5 Å². The topological polar surface area (TPSA) is 39.2 Å². The molecule has 0 N–H and O–H groups in total. The van der Waals surface area contributed by atoms with Crippen molar-refractivity contribution >= 4 is 17.7 Å². The summed E-state index contributed by atoms with van der Waals surface area (Å²) >= 11 is 2.13. The third kappa shape index (κ3) is 15.7. The van der Waals surface area contributed by atoms with Gasteiger partial charge in [0.2, 0.25) is 0 Å². The second kappa shape index (κ2) is 18.3. The molecule has 3 nitrogen and oxygen atoms in total. The zero-order chi connectivity index (χ0) is 19.4. The maximum Gasteiger partial charge on any atom is 0.306 e. The van der Waals surface area contributed by atoms with Crippen molar-refractivity contribution in [3.05, 3.63) is 30.1 Å². The van der Waals surface area contributed by atoms with Gasteiger partial charge in [-0.1, -0.05) is 70.8 Å². The van der Waals surface area contributed by atoms with Crippen LogP contribution in [0.3, 0.4) is 0 Å². The number of esters is 1. The Morgan fingerprint density at radius 2 is 1.56 bits per heavy atom. The molecular formula is C23H39NO2S. The summed E-state index contributed by atoms with van der Waals surface area (Å²) in [5.74, 6) is 2.56. The lowest BCUT2D eigenvalue weighted by atomic mass is 10.1. The molecule has 1 aromatic heterocycles. The van der Waals surface area contributed by atoms with Crippen molar-refractivity contribution in [1.29, 1.82) is 0 Å². The molecule has 0 saturated carbocycles. The molecule has 0 fully saturated rings. The van der Waals surface area contributed by atoms with Gasteiger partial charge in [-0.05, 0) is 36.8 Å². The van der Waals surface area contributed by atoms with Gasteiger partial charge in [0.05, 0.1) is 0 Å². The summed E-state index contributed by atoms with van der Waals surface area (Å²) in [6.45, 7) is 2.61. The van der Waals surface area contributed by atoms with Crippen molar-refractivity contribution in [2.24, 2.45) is 0 Å². The van der Waals surface area contributed by atoms with E-state index in [1.165, 1.54) is 75.7 Å². The van der Waals surface area contributed by atoms with Gasteiger partial charge in [0.25, 0.3) is 0 Å². The van der Waals surface area contributed by atoms with Crippen molar-refractivity contribution in [2.45, 2.75) is 97.0 Å². The van der Waals surface area contributed by atoms with E-state index in [-0.39, 0.29) is 5.97 Å². The van der Waals surface area contributed by atoms with E-state index in [1.807, 2.05) is 12.1 Å². The first kappa shape index (κ1) is 24.0. The first-order chi connectivity index (χ1) is 13.3. The Morgan fingerprint density at radius 3 is 2.19 bits per heavy atom. The lowest BCUT2D eigenvalue weighted by molar-refractivity contribution is -0.145. The van der Waals surface area contributed by atoms with Crippen LogP contribution in [0.2, 0.25) is 0 Å². The molecule has 1 rings (SSSR count). The molecule has 0 aliphatic rings. The maximum absolute atomic E-state index is 11.7. The van der Waals surface area contributed by atoms with Crippen molar-refractivity contribution in [1.82, 2.24) is 4.98 Å². The number of unbranched alkanes of at least 4 members (excludes halogenated alkanes) is 10. The van der Waals surface area contributed by atoms with Crippen LogP contribution in [-0.2, 0) is 16.1 Å². The molecule has 0 radical (unpaired) electrons. The van der Waals surface area contributed by atoms with Gasteiger partial charge in [0, 0.05) is 24.4 Å². The quantitative estimate of drug-likeness (QED) is 0.200. The van der Waals surface area contributed by atoms with Crippen LogP contribution < -0.4 is 0 Å². The first-order valence-corrected chi connectivity index (χ1v) is 12.1. The van der Waals surface area contributed by atoms with E-state index in [0.717, 1.165) is 18.4 Å². The molecule has 0 saturated heterocycles. The van der Waals surface area contributed by atoms with Crippen LogP contribution in [0.15, 0.2) is 24.5 Å². The highest BCUT2D eigenvalue weighted by Gasteiger charge is 2.03. The summed E-state index contributed by atoms with van der Waals surface area (Å²) in [5.41, 5.74) is 0.945. The molecule has 27 heavy (non-hydrogen) atoms.